The molecule has 1 heterocycles. The van der Waals surface area contributed by atoms with Crippen LogP contribution in [-0.4, -0.2) is 23.1 Å². The minimum atomic E-state index is -0.586. The molecule has 1 aromatic carbocycles. The molecule has 0 fully saturated rings. The zero-order valence-corrected chi connectivity index (χ0v) is 13.1. The topological polar surface area (TPSA) is 74.5 Å². The fraction of sp³-hybridized carbons (Fsp3) is 0.214. The number of nitro groups is 1. The Hall–Kier alpha value is -2.05. The molecule has 0 radical (unpaired) electrons. The van der Waals surface area contributed by atoms with Crippen LogP contribution in [0, 0.1) is 17.0 Å². The SMILES string of the molecule is Cc1ccc(OCCOc2cccc(Cl)c2Cl)c([N+](=O)[O-])n1. The smallest absolute Gasteiger partial charge is 0.406 e. The van der Waals surface area contributed by atoms with E-state index < -0.39 is 4.92 Å². The first-order valence-corrected chi connectivity index (χ1v) is 7.06. The first-order chi connectivity index (χ1) is 10.5. The lowest BCUT2D eigenvalue weighted by atomic mass is 10.3. The minimum absolute atomic E-state index is 0.0939. The normalized spacial score (nSPS) is 10.3. The van der Waals surface area contributed by atoms with Gasteiger partial charge in [0.25, 0.3) is 0 Å². The summed E-state index contributed by atoms with van der Waals surface area (Å²) < 4.78 is 10.8. The Bertz CT molecular complexity index is 695. The standard InChI is InChI=1S/C14H12Cl2N2O4/c1-9-5-6-12(14(17-9)18(19)20)22-8-7-21-11-4-2-3-10(15)13(11)16/h2-6H,7-8H2,1H3. The summed E-state index contributed by atoms with van der Waals surface area (Å²) in [6.07, 6.45) is 0. The molecule has 0 aliphatic heterocycles. The van der Waals surface area contributed by atoms with Gasteiger partial charge in [-0.05, 0) is 34.2 Å². The number of nitrogens with zero attached hydrogens (tertiary/aromatic N) is 2. The fourth-order valence-electron chi connectivity index (χ4n) is 1.67. The van der Waals surface area contributed by atoms with Crippen LogP contribution in [0.5, 0.6) is 11.5 Å². The zero-order valence-electron chi connectivity index (χ0n) is 11.6. The summed E-state index contributed by atoms with van der Waals surface area (Å²) in [5, 5.41) is 11.6. The number of aryl methyl sites for hydroxylation is 1. The van der Waals surface area contributed by atoms with E-state index in [4.69, 9.17) is 32.7 Å². The highest BCUT2D eigenvalue weighted by Gasteiger charge is 2.17. The second-order valence-electron chi connectivity index (χ2n) is 4.28. The fourth-order valence-corrected chi connectivity index (χ4v) is 2.02. The van der Waals surface area contributed by atoms with Gasteiger partial charge in [-0.15, -0.1) is 0 Å². The maximum absolute atomic E-state index is 10.9. The van der Waals surface area contributed by atoms with E-state index in [1.54, 1.807) is 31.2 Å². The predicted molar refractivity (Wildman–Crippen MR) is 83.1 cm³/mol. The summed E-state index contributed by atoms with van der Waals surface area (Å²) in [5.74, 6) is 0.200. The van der Waals surface area contributed by atoms with Gasteiger partial charge in [-0.3, -0.25) is 0 Å². The number of hydrogen-bond acceptors (Lipinski definition) is 5. The molecule has 22 heavy (non-hydrogen) atoms. The highest BCUT2D eigenvalue weighted by Crippen LogP contribution is 2.31. The number of pyridine rings is 1. The van der Waals surface area contributed by atoms with Crippen LogP contribution in [0.25, 0.3) is 0 Å². The molecule has 2 aromatic rings. The molecule has 0 bridgehead atoms. The Balaban J connectivity index is 1.94. The predicted octanol–water partition coefficient (Wildman–Crippen LogP) is 4.06. The van der Waals surface area contributed by atoms with Crippen molar-refractivity contribution in [3.05, 3.63) is 56.2 Å². The molecule has 6 nitrogen and oxygen atoms in total. The van der Waals surface area contributed by atoms with Crippen LogP contribution in [0.4, 0.5) is 5.82 Å². The second-order valence-corrected chi connectivity index (χ2v) is 5.07. The average molecular weight is 343 g/mol. The molecule has 0 atom stereocenters. The monoisotopic (exact) mass is 342 g/mol. The van der Waals surface area contributed by atoms with Crippen LogP contribution < -0.4 is 9.47 Å². The summed E-state index contributed by atoms with van der Waals surface area (Å²) in [6.45, 7) is 1.93. The van der Waals surface area contributed by atoms with E-state index in [9.17, 15) is 10.1 Å². The summed E-state index contributed by atoms with van der Waals surface area (Å²) in [7, 11) is 0. The van der Waals surface area contributed by atoms with Crippen LogP contribution in [0.3, 0.4) is 0 Å². The molecule has 8 heteroatoms. The Morgan fingerprint density at radius 3 is 2.50 bits per heavy atom. The second kappa shape index (κ2) is 7.29. The van der Waals surface area contributed by atoms with Crippen LogP contribution in [0.1, 0.15) is 5.69 Å². The Morgan fingerprint density at radius 2 is 1.82 bits per heavy atom. The van der Waals surface area contributed by atoms with Crippen LogP contribution in [0.15, 0.2) is 30.3 Å². The van der Waals surface area contributed by atoms with Crippen molar-refractivity contribution < 1.29 is 14.4 Å². The number of hydrogen-bond donors (Lipinski definition) is 0. The summed E-state index contributed by atoms with van der Waals surface area (Å²) >= 11 is 11.8. The van der Waals surface area contributed by atoms with Gasteiger partial charge in [-0.1, -0.05) is 29.3 Å². The van der Waals surface area contributed by atoms with Gasteiger partial charge in [0.2, 0.25) is 5.75 Å². The molecular formula is C14H12Cl2N2O4. The number of halogens is 2. The summed E-state index contributed by atoms with van der Waals surface area (Å²) in [5.41, 5.74) is 0.543. The van der Waals surface area contributed by atoms with Gasteiger partial charge >= 0.3 is 5.82 Å². The molecule has 1 aromatic heterocycles. The number of ether oxygens (including phenoxy) is 2. The highest BCUT2D eigenvalue weighted by molar-refractivity contribution is 6.42. The molecule has 0 saturated carbocycles. The summed E-state index contributed by atoms with van der Waals surface area (Å²) in [4.78, 5) is 14.2. The first-order valence-electron chi connectivity index (χ1n) is 6.30. The van der Waals surface area contributed by atoms with Gasteiger partial charge < -0.3 is 19.6 Å². The Morgan fingerprint density at radius 1 is 1.14 bits per heavy atom. The molecule has 0 spiro atoms. The lowest BCUT2D eigenvalue weighted by molar-refractivity contribution is -0.390. The maximum atomic E-state index is 10.9. The summed E-state index contributed by atoms with van der Waals surface area (Å²) in [6, 6.07) is 8.17. The molecule has 2 rings (SSSR count). The lowest BCUT2D eigenvalue weighted by Gasteiger charge is -2.10. The third-order valence-corrected chi connectivity index (χ3v) is 3.47. The molecular weight excluding hydrogens is 331 g/mol. The van der Waals surface area contributed by atoms with Crippen molar-refractivity contribution in [3.8, 4) is 11.5 Å². The molecule has 0 saturated heterocycles. The van der Waals surface area contributed by atoms with E-state index in [0.717, 1.165) is 0 Å². The van der Waals surface area contributed by atoms with E-state index in [-0.39, 0.29) is 24.8 Å². The largest absolute Gasteiger partial charge is 0.488 e. The van der Waals surface area contributed by atoms with Gasteiger partial charge in [0, 0.05) is 6.92 Å². The molecule has 116 valence electrons. The molecule has 0 aliphatic carbocycles. The van der Waals surface area contributed by atoms with E-state index >= 15 is 0 Å². The van der Waals surface area contributed by atoms with E-state index in [0.29, 0.717) is 21.5 Å². The van der Waals surface area contributed by atoms with Crippen molar-refractivity contribution in [1.29, 1.82) is 0 Å². The average Bonchev–Trinajstić information content (AvgIpc) is 2.48. The van der Waals surface area contributed by atoms with Crippen molar-refractivity contribution in [2.45, 2.75) is 6.92 Å². The maximum Gasteiger partial charge on any atom is 0.406 e. The van der Waals surface area contributed by atoms with Crippen molar-refractivity contribution in [2.75, 3.05) is 13.2 Å². The van der Waals surface area contributed by atoms with E-state index in [1.165, 1.54) is 6.07 Å². The van der Waals surface area contributed by atoms with Crippen LogP contribution in [0.2, 0.25) is 10.0 Å². The molecule has 0 aliphatic rings. The number of rotatable bonds is 6. The quantitative estimate of drug-likeness (QED) is 0.449. The molecule has 0 unspecified atom stereocenters. The van der Waals surface area contributed by atoms with Gasteiger partial charge in [0.15, 0.2) is 0 Å². The van der Waals surface area contributed by atoms with Crippen molar-refractivity contribution >= 4 is 29.0 Å². The van der Waals surface area contributed by atoms with Gasteiger partial charge in [0.1, 0.15) is 29.7 Å². The van der Waals surface area contributed by atoms with E-state index in [1.807, 2.05) is 0 Å². The van der Waals surface area contributed by atoms with Gasteiger partial charge in [-0.2, -0.15) is 0 Å². The van der Waals surface area contributed by atoms with Gasteiger partial charge in [0.05, 0.1) is 5.02 Å². The first kappa shape index (κ1) is 16.3. The number of benzene rings is 1. The Kier molecular flexibility index (Phi) is 5.41. The molecule has 0 amide bonds. The van der Waals surface area contributed by atoms with Crippen molar-refractivity contribution in [2.24, 2.45) is 0 Å². The lowest BCUT2D eigenvalue weighted by Crippen LogP contribution is -2.10. The van der Waals surface area contributed by atoms with Crippen LogP contribution in [-0.2, 0) is 0 Å². The highest BCUT2D eigenvalue weighted by atomic mass is 35.5. The van der Waals surface area contributed by atoms with Crippen molar-refractivity contribution in [1.82, 2.24) is 4.98 Å². The van der Waals surface area contributed by atoms with Crippen molar-refractivity contribution in [3.63, 3.8) is 0 Å². The van der Waals surface area contributed by atoms with Gasteiger partial charge in [-0.25, -0.2) is 0 Å². The minimum Gasteiger partial charge on any atom is -0.488 e. The third kappa shape index (κ3) is 3.99. The Labute approximate surface area is 136 Å². The molecule has 0 N–H and O–H groups in total. The third-order valence-electron chi connectivity index (χ3n) is 2.67. The zero-order chi connectivity index (χ0) is 16.1. The van der Waals surface area contributed by atoms with E-state index in [2.05, 4.69) is 4.98 Å². The number of aromatic nitrogens is 1. The van der Waals surface area contributed by atoms with Crippen LogP contribution >= 0.6 is 23.2 Å².